The molecule has 3 atom stereocenters. The molecule has 1 aliphatic heterocycles. The monoisotopic (exact) mass is 368 g/mol. The van der Waals surface area contributed by atoms with Gasteiger partial charge in [0.1, 0.15) is 0 Å². The third kappa shape index (κ3) is 3.76. The highest BCUT2D eigenvalue weighted by atomic mass is 19.4. The van der Waals surface area contributed by atoms with Crippen molar-refractivity contribution in [1.82, 2.24) is 20.3 Å². The van der Waals surface area contributed by atoms with Crippen LogP contribution in [0.1, 0.15) is 49.6 Å². The second-order valence-corrected chi connectivity index (χ2v) is 6.85. The number of ether oxygens (including phenoxy) is 1. The number of hydrogen-bond donors (Lipinski definition) is 1. The average Bonchev–Trinajstić information content (AvgIpc) is 3.00. The van der Waals surface area contributed by atoms with Crippen molar-refractivity contribution >= 4 is 0 Å². The van der Waals surface area contributed by atoms with Crippen LogP contribution in [0.15, 0.2) is 30.5 Å². The molecule has 0 saturated carbocycles. The van der Waals surface area contributed by atoms with E-state index in [0.29, 0.717) is 19.4 Å². The SMILES string of the molecule is CCO[C@]1(c2ccc(C(F)(F)F)cc2)C[C@@H](c2cn(C)nn2)N[C@@H](C)C1. The summed E-state index contributed by atoms with van der Waals surface area (Å²) in [5, 5.41) is 11.7. The topological polar surface area (TPSA) is 52.0 Å². The van der Waals surface area contributed by atoms with Crippen LogP contribution in [0.25, 0.3) is 0 Å². The van der Waals surface area contributed by atoms with Crippen molar-refractivity contribution in [1.29, 1.82) is 0 Å². The molecule has 1 saturated heterocycles. The van der Waals surface area contributed by atoms with Gasteiger partial charge in [-0.1, -0.05) is 17.3 Å². The Hall–Kier alpha value is -1.93. The van der Waals surface area contributed by atoms with Crippen LogP contribution in [0.4, 0.5) is 13.2 Å². The molecule has 0 radical (unpaired) electrons. The van der Waals surface area contributed by atoms with E-state index in [1.54, 1.807) is 11.7 Å². The molecule has 1 aliphatic rings. The molecule has 26 heavy (non-hydrogen) atoms. The lowest BCUT2D eigenvalue weighted by Gasteiger charge is -2.44. The number of benzene rings is 1. The molecule has 2 aromatic rings. The quantitative estimate of drug-likeness (QED) is 0.896. The van der Waals surface area contributed by atoms with Gasteiger partial charge in [-0.15, -0.1) is 5.10 Å². The largest absolute Gasteiger partial charge is 0.416 e. The van der Waals surface area contributed by atoms with Gasteiger partial charge in [0.15, 0.2) is 0 Å². The smallest absolute Gasteiger partial charge is 0.370 e. The second kappa shape index (κ2) is 7.00. The summed E-state index contributed by atoms with van der Waals surface area (Å²) in [6.45, 7) is 4.41. The Morgan fingerprint density at radius 1 is 1.27 bits per heavy atom. The fraction of sp³-hybridized carbons (Fsp3) is 0.556. The summed E-state index contributed by atoms with van der Waals surface area (Å²) >= 11 is 0. The van der Waals surface area contributed by atoms with E-state index < -0.39 is 17.3 Å². The minimum Gasteiger partial charge on any atom is -0.370 e. The number of hydrogen-bond acceptors (Lipinski definition) is 4. The maximum atomic E-state index is 12.9. The second-order valence-electron chi connectivity index (χ2n) is 6.85. The highest BCUT2D eigenvalue weighted by Crippen LogP contribution is 2.43. The third-order valence-electron chi connectivity index (χ3n) is 4.79. The van der Waals surface area contributed by atoms with Crippen molar-refractivity contribution < 1.29 is 17.9 Å². The molecule has 0 unspecified atom stereocenters. The van der Waals surface area contributed by atoms with Gasteiger partial charge in [-0.3, -0.25) is 4.68 Å². The van der Waals surface area contributed by atoms with Gasteiger partial charge < -0.3 is 10.1 Å². The van der Waals surface area contributed by atoms with E-state index in [0.717, 1.165) is 23.4 Å². The minimum atomic E-state index is -4.35. The van der Waals surface area contributed by atoms with Gasteiger partial charge in [-0.25, -0.2) is 0 Å². The summed E-state index contributed by atoms with van der Waals surface area (Å²) in [4.78, 5) is 0. The number of rotatable bonds is 4. The van der Waals surface area contributed by atoms with E-state index >= 15 is 0 Å². The lowest BCUT2D eigenvalue weighted by Crippen LogP contribution is -2.48. The van der Waals surface area contributed by atoms with Crippen LogP contribution >= 0.6 is 0 Å². The minimum absolute atomic E-state index is 0.0821. The van der Waals surface area contributed by atoms with Crippen LogP contribution in [0, 0.1) is 0 Å². The molecule has 1 N–H and O–H groups in total. The van der Waals surface area contributed by atoms with Crippen molar-refractivity contribution in [3.05, 3.63) is 47.3 Å². The zero-order valence-corrected chi connectivity index (χ0v) is 15.0. The molecule has 1 fully saturated rings. The summed E-state index contributed by atoms with van der Waals surface area (Å²) in [7, 11) is 1.80. The summed E-state index contributed by atoms with van der Waals surface area (Å²) < 4.78 is 46.5. The molecule has 142 valence electrons. The molecule has 0 aliphatic carbocycles. The Bertz CT molecular complexity index is 744. The summed E-state index contributed by atoms with van der Waals surface area (Å²) in [6, 6.07) is 5.35. The van der Waals surface area contributed by atoms with Gasteiger partial charge in [-0.05, 0) is 38.0 Å². The van der Waals surface area contributed by atoms with E-state index in [-0.39, 0.29) is 12.1 Å². The molecule has 8 heteroatoms. The number of aryl methyl sites for hydroxylation is 1. The maximum Gasteiger partial charge on any atom is 0.416 e. The summed E-state index contributed by atoms with van der Waals surface area (Å²) in [5.74, 6) is 0. The van der Waals surface area contributed by atoms with Crippen LogP contribution in [-0.4, -0.2) is 27.6 Å². The molecule has 5 nitrogen and oxygen atoms in total. The molecular weight excluding hydrogens is 345 g/mol. The number of halogens is 3. The van der Waals surface area contributed by atoms with Gasteiger partial charge >= 0.3 is 6.18 Å². The number of piperidine rings is 1. The lowest BCUT2D eigenvalue weighted by atomic mass is 9.78. The van der Waals surface area contributed by atoms with E-state index in [1.165, 1.54) is 12.1 Å². The number of alkyl halides is 3. The normalized spacial score (nSPS) is 26.8. The van der Waals surface area contributed by atoms with Gasteiger partial charge in [0, 0.05) is 32.3 Å². The fourth-order valence-electron chi connectivity index (χ4n) is 3.76. The van der Waals surface area contributed by atoms with Crippen molar-refractivity contribution in [2.45, 2.75) is 50.6 Å². The molecule has 1 aromatic heterocycles. The van der Waals surface area contributed by atoms with Gasteiger partial charge in [-0.2, -0.15) is 13.2 Å². The van der Waals surface area contributed by atoms with E-state index in [2.05, 4.69) is 15.6 Å². The van der Waals surface area contributed by atoms with Gasteiger partial charge in [0.2, 0.25) is 0 Å². The van der Waals surface area contributed by atoms with Crippen molar-refractivity contribution in [2.75, 3.05) is 6.61 Å². The first-order chi connectivity index (χ1) is 12.2. The Labute approximate surface area is 150 Å². The Morgan fingerprint density at radius 3 is 2.50 bits per heavy atom. The first-order valence-electron chi connectivity index (χ1n) is 8.67. The van der Waals surface area contributed by atoms with Crippen LogP contribution in [0.3, 0.4) is 0 Å². The van der Waals surface area contributed by atoms with Crippen molar-refractivity contribution in [3.8, 4) is 0 Å². The molecule has 2 heterocycles. The van der Waals surface area contributed by atoms with Gasteiger partial charge in [0.05, 0.1) is 22.9 Å². The predicted octanol–water partition coefficient (Wildman–Crippen LogP) is 3.58. The zero-order chi connectivity index (χ0) is 18.9. The van der Waals surface area contributed by atoms with Crippen LogP contribution < -0.4 is 5.32 Å². The number of aromatic nitrogens is 3. The van der Waals surface area contributed by atoms with Crippen LogP contribution in [0.2, 0.25) is 0 Å². The standard InChI is InChI=1S/C18H23F3N4O/c1-4-26-17(13-5-7-14(8-6-13)18(19,20)21)9-12(2)22-15(10-17)16-11-25(3)24-23-16/h5-8,11-12,15,22H,4,9-10H2,1-3H3/t12-,15-,17-/m0/s1. The molecular formula is C18H23F3N4O. The molecule has 1 aromatic carbocycles. The first-order valence-corrected chi connectivity index (χ1v) is 8.67. The molecule has 0 bridgehead atoms. The summed E-state index contributed by atoms with van der Waals surface area (Å²) in [6.07, 6.45) is -1.25. The average molecular weight is 368 g/mol. The fourth-order valence-corrected chi connectivity index (χ4v) is 3.76. The van der Waals surface area contributed by atoms with Crippen molar-refractivity contribution in [3.63, 3.8) is 0 Å². The predicted molar refractivity (Wildman–Crippen MR) is 90.3 cm³/mol. The van der Waals surface area contributed by atoms with Crippen LogP contribution in [-0.2, 0) is 23.6 Å². The lowest BCUT2D eigenvalue weighted by molar-refractivity contribution is -0.137. The maximum absolute atomic E-state index is 12.9. The molecule has 0 amide bonds. The number of nitrogens with one attached hydrogen (secondary N) is 1. The van der Waals surface area contributed by atoms with E-state index in [4.69, 9.17) is 4.74 Å². The third-order valence-corrected chi connectivity index (χ3v) is 4.79. The Morgan fingerprint density at radius 2 is 1.96 bits per heavy atom. The van der Waals surface area contributed by atoms with Gasteiger partial charge in [0.25, 0.3) is 0 Å². The summed E-state index contributed by atoms with van der Waals surface area (Å²) in [5.41, 5.74) is 0.246. The number of nitrogens with zero attached hydrogens (tertiary/aromatic N) is 3. The van der Waals surface area contributed by atoms with E-state index in [9.17, 15) is 13.2 Å². The molecule has 3 rings (SSSR count). The zero-order valence-electron chi connectivity index (χ0n) is 15.0. The highest BCUT2D eigenvalue weighted by molar-refractivity contribution is 5.30. The first kappa shape index (κ1) is 18.8. The Kier molecular flexibility index (Phi) is 5.07. The van der Waals surface area contributed by atoms with E-state index in [1.807, 2.05) is 20.0 Å². The van der Waals surface area contributed by atoms with Crippen molar-refractivity contribution in [2.24, 2.45) is 7.05 Å². The highest BCUT2D eigenvalue weighted by Gasteiger charge is 2.43. The Balaban J connectivity index is 1.95. The molecule has 0 spiro atoms. The van der Waals surface area contributed by atoms with Crippen LogP contribution in [0.5, 0.6) is 0 Å².